The molecule has 0 fully saturated rings. The molecule has 0 bridgehead atoms. The zero-order valence-electron chi connectivity index (χ0n) is 12.7. The number of para-hydroxylation sites is 1. The van der Waals surface area contributed by atoms with Crippen LogP contribution in [0.25, 0.3) is 10.9 Å². The molecule has 1 heterocycles. The summed E-state index contributed by atoms with van der Waals surface area (Å²) >= 11 is 0. The number of rotatable bonds is 3. The summed E-state index contributed by atoms with van der Waals surface area (Å²) < 4.78 is 7.93. The van der Waals surface area contributed by atoms with E-state index in [2.05, 4.69) is 22.5 Å². The highest BCUT2D eigenvalue weighted by molar-refractivity contribution is 6.05. The summed E-state index contributed by atoms with van der Waals surface area (Å²) in [6, 6.07) is 14.9. The number of anilines is 2. The third-order valence-electron chi connectivity index (χ3n) is 3.38. The zero-order chi connectivity index (χ0) is 15.5. The number of nitrogens with one attached hydrogen (secondary N) is 3. The van der Waals surface area contributed by atoms with Crippen LogP contribution in [0.5, 0.6) is 0 Å². The maximum atomic E-state index is 12.1. The van der Waals surface area contributed by atoms with E-state index < -0.39 is 0 Å². The first kappa shape index (κ1) is 12.0. The van der Waals surface area contributed by atoms with Crippen molar-refractivity contribution in [1.29, 1.82) is 0 Å². The normalized spacial score (nSPS) is 11.2. The standard InChI is InChI=1S/C17H17N3O/c1-2-12-7-9-13(10-8-12)19-17(21)20-16-11-18-15-6-4-3-5-14(15)16/h3-11,18H,2H2,1H3,(H2,19,20,21)/i11D. The van der Waals surface area contributed by atoms with Crippen LogP contribution >= 0.6 is 0 Å². The Hall–Kier alpha value is -2.75. The van der Waals surface area contributed by atoms with Gasteiger partial charge in [0, 0.05) is 22.8 Å². The fraction of sp³-hybridized carbons (Fsp3) is 0.118. The Morgan fingerprint density at radius 1 is 1.14 bits per heavy atom. The lowest BCUT2D eigenvalue weighted by Gasteiger charge is -2.07. The molecule has 21 heavy (non-hydrogen) atoms. The van der Waals surface area contributed by atoms with Gasteiger partial charge in [-0.1, -0.05) is 37.3 Å². The highest BCUT2D eigenvalue weighted by Crippen LogP contribution is 2.22. The van der Waals surface area contributed by atoms with E-state index in [0.717, 1.165) is 23.0 Å². The second-order valence-electron chi connectivity index (χ2n) is 4.80. The van der Waals surface area contributed by atoms with Gasteiger partial charge in [0.25, 0.3) is 0 Å². The van der Waals surface area contributed by atoms with Crippen LogP contribution in [0.2, 0.25) is 0 Å². The summed E-state index contributed by atoms with van der Waals surface area (Å²) in [6.07, 6.45) is 1.15. The fourth-order valence-corrected chi connectivity index (χ4v) is 2.21. The van der Waals surface area contributed by atoms with Gasteiger partial charge in [0.05, 0.1) is 7.06 Å². The van der Waals surface area contributed by atoms with Crippen molar-refractivity contribution in [2.75, 3.05) is 10.6 Å². The molecule has 3 N–H and O–H groups in total. The number of aromatic amines is 1. The minimum absolute atomic E-state index is 0.192. The average Bonchev–Trinajstić information content (AvgIpc) is 2.84. The SMILES string of the molecule is [2H]c1[nH]c2ccccc2c1NC(=O)Nc1ccc(CC)cc1. The second kappa shape index (κ2) is 5.71. The molecule has 0 radical (unpaired) electrons. The molecule has 0 unspecified atom stereocenters. The van der Waals surface area contributed by atoms with Gasteiger partial charge in [-0.05, 0) is 30.2 Å². The van der Waals surface area contributed by atoms with Crippen molar-refractivity contribution in [3.8, 4) is 0 Å². The van der Waals surface area contributed by atoms with Gasteiger partial charge in [0.15, 0.2) is 0 Å². The molecule has 3 aromatic rings. The first-order valence-electron chi connectivity index (χ1n) is 7.41. The number of amides is 2. The van der Waals surface area contributed by atoms with E-state index in [9.17, 15) is 4.79 Å². The molecule has 4 nitrogen and oxygen atoms in total. The lowest BCUT2D eigenvalue weighted by Crippen LogP contribution is -2.19. The van der Waals surface area contributed by atoms with Gasteiger partial charge in [-0.2, -0.15) is 0 Å². The monoisotopic (exact) mass is 280 g/mol. The van der Waals surface area contributed by atoms with Crippen molar-refractivity contribution in [3.05, 3.63) is 60.3 Å². The topological polar surface area (TPSA) is 56.9 Å². The third kappa shape index (κ3) is 2.89. The van der Waals surface area contributed by atoms with Crippen LogP contribution in [0.15, 0.2) is 54.7 Å². The van der Waals surface area contributed by atoms with E-state index in [4.69, 9.17) is 1.37 Å². The van der Waals surface area contributed by atoms with Crippen molar-refractivity contribution >= 4 is 28.3 Å². The zero-order valence-corrected chi connectivity index (χ0v) is 11.7. The number of urea groups is 1. The van der Waals surface area contributed by atoms with Crippen molar-refractivity contribution < 1.29 is 6.17 Å². The molecule has 106 valence electrons. The average molecular weight is 280 g/mol. The molecule has 0 saturated carbocycles. The molecule has 0 spiro atoms. The van der Waals surface area contributed by atoms with Crippen LogP contribution in [-0.4, -0.2) is 11.0 Å². The van der Waals surface area contributed by atoms with E-state index in [-0.39, 0.29) is 12.2 Å². The van der Waals surface area contributed by atoms with Crippen LogP contribution in [0.1, 0.15) is 13.9 Å². The lowest BCUT2D eigenvalue weighted by molar-refractivity contribution is 0.262. The van der Waals surface area contributed by atoms with Crippen LogP contribution in [0.3, 0.4) is 0 Å². The van der Waals surface area contributed by atoms with Crippen molar-refractivity contribution in [1.82, 2.24) is 4.98 Å². The largest absolute Gasteiger partial charge is 0.359 e. The highest BCUT2D eigenvalue weighted by atomic mass is 16.2. The molecule has 0 aliphatic heterocycles. The first-order valence-corrected chi connectivity index (χ1v) is 6.91. The minimum atomic E-state index is -0.359. The van der Waals surface area contributed by atoms with E-state index >= 15 is 0 Å². The summed E-state index contributed by atoms with van der Waals surface area (Å²) in [4.78, 5) is 15.0. The van der Waals surface area contributed by atoms with Gasteiger partial charge in [-0.25, -0.2) is 4.79 Å². The van der Waals surface area contributed by atoms with E-state index in [1.54, 1.807) is 0 Å². The molecule has 3 rings (SSSR count). The summed E-state index contributed by atoms with van der Waals surface area (Å²) in [5.41, 5.74) is 3.26. The van der Waals surface area contributed by atoms with E-state index in [0.29, 0.717) is 5.69 Å². The molecular weight excluding hydrogens is 262 g/mol. The fourth-order valence-electron chi connectivity index (χ4n) is 2.21. The van der Waals surface area contributed by atoms with Gasteiger partial charge in [0.2, 0.25) is 0 Å². The maximum absolute atomic E-state index is 12.1. The number of aromatic nitrogens is 1. The number of carbonyl (C=O) groups excluding carboxylic acids is 1. The molecule has 2 aromatic carbocycles. The van der Waals surface area contributed by atoms with Gasteiger partial charge >= 0.3 is 6.03 Å². The molecule has 0 saturated heterocycles. The Kier molecular flexibility index (Phi) is 3.27. The number of aryl methyl sites for hydroxylation is 1. The third-order valence-corrected chi connectivity index (χ3v) is 3.38. The van der Waals surface area contributed by atoms with Crippen LogP contribution in [0, 0.1) is 0 Å². The molecule has 0 aliphatic carbocycles. The van der Waals surface area contributed by atoms with Gasteiger partial charge in [-0.3, -0.25) is 0 Å². The Morgan fingerprint density at radius 2 is 1.90 bits per heavy atom. The molecule has 0 aliphatic rings. The van der Waals surface area contributed by atoms with Gasteiger partial charge in [0.1, 0.15) is 0 Å². The van der Waals surface area contributed by atoms with Gasteiger partial charge < -0.3 is 15.6 Å². The summed E-state index contributed by atoms with van der Waals surface area (Å²) in [6.45, 7) is 2.09. The maximum Gasteiger partial charge on any atom is 0.323 e. The Labute approximate surface area is 124 Å². The predicted octanol–water partition coefficient (Wildman–Crippen LogP) is 4.37. The number of fused-ring (bicyclic) bond motifs is 1. The molecule has 0 atom stereocenters. The Balaban J connectivity index is 1.76. The number of H-pyrrole nitrogens is 1. The smallest absolute Gasteiger partial charge is 0.323 e. The van der Waals surface area contributed by atoms with Gasteiger partial charge in [-0.15, -0.1) is 0 Å². The minimum Gasteiger partial charge on any atom is -0.359 e. The molecule has 2 amide bonds. The summed E-state index contributed by atoms with van der Waals surface area (Å²) in [5.74, 6) is 0. The summed E-state index contributed by atoms with van der Waals surface area (Å²) in [5, 5.41) is 6.34. The number of benzene rings is 2. The van der Waals surface area contributed by atoms with Crippen molar-refractivity contribution in [2.24, 2.45) is 0 Å². The van der Waals surface area contributed by atoms with E-state index in [1.165, 1.54) is 5.56 Å². The summed E-state index contributed by atoms with van der Waals surface area (Å²) in [7, 11) is 0. The van der Waals surface area contributed by atoms with Crippen molar-refractivity contribution in [3.63, 3.8) is 0 Å². The Morgan fingerprint density at radius 3 is 2.67 bits per heavy atom. The number of hydrogen-bond acceptors (Lipinski definition) is 1. The highest BCUT2D eigenvalue weighted by Gasteiger charge is 2.07. The number of hydrogen-bond donors (Lipinski definition) is 3. The lowest BCUT2D eigenvalue weighted by atomic mass is 10.1. The van der Waals surface area contributed by atoms with Crippen molar-refractivity contribution in [2.45, 2.75) is 13.3 Å². The molecule has 1 aromatic heterocycles. The molecular formula is C17H17N3O. The van der Waals surface area contributed by atoms with E-state index in [1.807, 2.05) is 48.5 Å². The van der Waals surface area contributed by atoms with Crippen LogP contribution in [-0.2, 0) is 6.42 Å². The van der Waals surface area contributed by atoms with Crippen LogP contribution in [0.4, 0.5) is 16.2 Å². The quantitative estimate of drug-likeness (QED) is 0.655. The molecule has 4 heteroatoms. The van der Waals surface area contributed by atoms with Crippen LogP contribution < -0.4 is 10.6 Å². The first-order chi connectivity index (χ1) is 10.7. The predicted molar refractivity (Wildman–Crippen MR) is 86.8 cm³/mol. The second-order valence-corrected chi connectivity index (χ2v) is 4.80. The Bertz CT molecular complexity index is 808. The number of carbonyl (C=O) groups is 1.